The number of hydrogen-bond acceptors (Lipinski definition) is 4. The molecule has 0 spiro atoms. The van der Waals surface area contributed by atoms with Crippen molar-refractivity contribution in [2.45, 2.75) is 32.7 Å². The molecule has 1 aliphatic rings. The van der Waals surface area contributed by atoms with Crippen molar-refractivity contribution in [3.8, 4) is 11.5 Å². The molecule has 0 bridgehead atoms. The SMILES string of the molecule is Cc1cc(C(=O)COC(=O)c2ccc(Oc3ccccc3)cc2)c(C)n1C1CC1. The molecule has 0 atom stereocenters. The van der Waals surface area contributed by atoms with E-state index >= 15 is 0 Å². The lowest BCUT2D eigenvalue weighted by atomic mass is 10.1. The Morgan fingerprint density at radius 2 is 1.62 bits per heavy atom. The number of benzene rings is 2. The monoisotopic (exact) mass is 389 g/mol. The molecule has 5 nitrogen and oxygen atoms in total. The van der Waals surface area contributed by atoms with Crippen molar-refractivity contribution in [2.75, 3.05) is 6.61 Å². The van der Waals surface area contributed by atoms with E-state index in [2.05, 4.69) is 4.57 Å². The first-order valence-electron chi connectivity index (χ1n) is 9.74. The zero-order chi connectivity index (χ0) is 20.4. The van der Waals surface area contributed by atoms with E-state index in [9.17, 15) is 9.59 Å². The van der Waals surface area contributed by atoms with Gasteiger partial charge >= 0.3 is 5.97 Å². The molecule has 2 aromatic carbocycles. The van der Waals surface area contributed by atoms with E-state index in [0.29, 0.717) is 22.9 Å². The molecule has 0 unspecified atom stereocenters. The molecule has 3 aromatic rings. The predicted molar refractivity (Wildman–Crippen MR) is 110 cm³/mol. The summed E-state index contributed by atoms with van der Waals surface area (Å²) in [5, 5.41) is 0. The van der Waals surface area contributed by atoms with Crippen LogP contribution in [0.15, 0.2) is 60.7 Å². The van der Waals surface area contributed by atoms with Crippen LogP contribution in [0.3, 0.4) is 0 Å². The summed E-state index contributed by atoms with van der Waals surface area (Å²) in [7, 11) is 0. The summed E-state index contributed by atoms with van der Waals surface area (Å²) in [6.45, 7) is 3.69. The van der Waals surface area contributed by atoms with Crippen molar-refractivity contribution in [1.82, 2.24) is 4.57 Å². The number of carbonyl (C=O) groups excluding carboxylic acids is 2. The van der Waals surface area contributed by atoms with Gasteiger partial charge < -0.3 is 14.0 Å². The number of hydrogen-bond donors (Lipinski definition) is 0. The minimum Gasteiger partial charge on any atom is -0.457 e. The molecule has 0 N–H and O–H groups in total. The van der Waals surface area contributed by atoms with Crippen molar-refractivity contribution in [2.24, 2.45) is 0 Å². The second kappa shape index (κ2) is 7.95. The molecule has 0 amide bonds. The van der Waals surface area contributed by atoms with Gasteiger partial charge in [0.05, 0.1) is 5.56 Å². The maximum Gasteiger partial charge on any atom is 0.338 e. The zero-order valence-corrected chi connectivity index (χ0v) is 16.6. The summed E-state index contributed by atoms with van der Waals surface area (Å²) in [5.41, 5.74) is 3.04. The average molecular weight is 389 g/mol. The van der Waals surface area contributed by atoms with Gasteiger partial charge in [-0.25, -0.2) is 4.79 Å². The van der Waals surface area contributed by atoms with Crippen LogP contribution < -0.4 is 4.74 Å². The van der Waals surface area contributed by atoms with Crippen LogP contribution in [0.2, 0.25) is 0 Å². The van der Waals surface area contributed by atoms with E-state index in [1.54, 1.807) is 24.3 Å². The molecular formula is C24H23NO4. The molecule has 4 rings (SSSR count). The topological polar surface area (TPSA) is 57.5 Å². The Morgan fingerprint density at radius 1 is 0.966 bits per heavy atom. The van der Waals surface area contributed by atoms with Gasteiger partial charge in [-0.05, 0) is 69.2 Å². The van der Waals surface area contributed by atoms with Gasteiger partial charge in [0.2, 0.25) is 5.78 Å². The fraction of sp³-hybridized carbons (Fsp3) is 0.250. The number of carbonyl (C=O) groups is 2. The summed E-state index contributed by atoms with van der Waals surface area (Å²) in [5.74, 6) is 0.636. The standard InChI is InChI=1S/C24H23NO4/c1-16-14-22(17(2)25(16)19-10-11-19)23(26)15-28-24(27)18-8-12-21(13-9-18)29-20-6-4-3-5-7-20/h3-9,12-14,19H,10-11,15H2,1-2H3. The number of para-hydroxylation sites is 1. The van der Waals surface area contributed by atoms with E-state index in [0.717, 1.165) is 30.0 Å². The average Bonchev–Trinajstić information content (AvgIpc) is 3.51. The maximum atomic E-state index is 12.6. The normalized spacial score (nSPS) is 13.2. The molecule has 148 valence electrons. The molecule has 0 saturated heterocycles. The minimum absolute atomic E-state index is 0.178. The first kappa shape index (κ1) is 19.0. The number of nitrogens with zero attached hydrogens (tertiary/aromatic N) is 1. The number of esters is 1. The van der Waals surface area contributed by atoms with Gasteiger partial charge in [0.25, 0.3) is 0 Å². The Bertz CT molecular complexity index is 1030. The number of aryl methyl sites for hydroxylation is 1. The number of ether oxygens (including phenoxy) is 2. The van der Waals surface area contributed by atoms with Crippen LogP contribution in [0.4, 0.5) is 0 Å². The van der Waals surface area contributed by atoms with Gasteiger partial charge in [-0.3, -0.25) is 4.79 Å². The van der Waals surface area contributed by atoms with Gasteiger partial charge in [-0.2, -0.15) is 0 Å². The van der Waals surface area contributed by atoms with Crippen molar-refractivity contribution < 1.29 is 19.1 Å². The van der Waals surface area contributed by atoms with Gasteiger partial charge in [-0.1, -0.05) is 18.2 Å². The van der Waals surface area contributed by atoms with Crippen LogP contribution in [0.25, 0.3) is 0 Å². The van der Waals surface area contributed by atoms with Gasteiger partial charge in [0.15, 0.2) is 6.61 Å². The lowest BCUT2D eigenvalue weighted by molar-refractivity contribution is 0.0474. The predicted octanol–water partition coefficient (Wildman–Crippen LogP) is 5.27. The van der Waals surface area contributed by atoms with Crippen molar-refractivity contribution in [1.29, 1.82) is 0 Å². The van der Waals surface area contributed by atoms with Gasteiger partial charge in [0, 0.05) is 23.0 Å². The molecule has 1 heterocycles. The Hall–Kier alpha value is -3.34. The molecule has 1 saturated carbocycles. The highest BCUT2D eigenvalue weighted by Gasteiger charge is 2.28. The summed E-state index contributed by atoms with van der Waals surface area (Å²) < 4.78 is 13.2. The van der Waals surface area contributed by atoms with Crippen molar-refractivity contribution >= 4 is 11.8 Å². The summed E-state index contributed by atoms with van der Waals surface area (Å²) in [6, 6.07) is 18.5. The molecule has 1 aliphatic carbocycles. The van der Waals surface area contributed by atoms with Gasteiger partial charge in [0.1, 0.15) is 11.5 Å². The first-order chi connectivity index (χ1) is 14.0. The third-order valence-electron chi connectivity index (χ3n) is 5.10. The van der Waals surface area contributed by atoms with Crippen LogP contribution in [0.5, 0.6) is 11.5 Å². The van der Waals surface area contributed by atoms with E-state index in [-0.39, 0.29) is 12.4 Å². The van der Waals surface area contributed by atoms with Crippen LogP contribution in [-0.4, -0.2) is 22.9 Å². The van der Waals surface area contributed by atoms with Crippen LogP contribution >= 0.6 is 0 Å². The second-order valence-electron chi connectivity index (χ2n) is 7.32. The molecular weight excluding hydrogens is 366 g/mol. The van der Waals surface area contributed by atoms with E-state index in [1.165, 1.54) is 0 Å². The van der Waals surface area contributed by atoms with Crippen LogP contribution in [0, 0.1) is 13.8 Å². The third kappa shape index (κ3) is 4.24. The van der Waals surface area contributed by atoms with Gasteiger partial charge in [-0.15, -0.1) is 0 Å². The molecule has 29 heavy (non-hydrogen) atoms. The fourth-order valence-corrected chi connectivity index (χ4v) is 3.53. The first-order valence-corrected chi connectivity index (χ1v) is 9.74. The third-order valence-corrected chi connectivity index (χ3v) is 5.10. The highest BCUT2D eigenvalue weighted by Crippen LogP contribution is 2.38. The largest absolute Gasteiger partial charge is 0.457 e. The Balaban J connectivity index is 1.36. The van der Waals surface area contributed by atoms with E-state index in [4.69, 9.17) is 9.47 Å². The number of Topliss-reactive ketones (excluding diaryl/α,β-unsaturated/α-hetero) is 1. The van der Waals surface area contributed by atoms with Crippen molar-refractivity contribution in [3.05, 3.63) is 83.2 Å². The smallest absolute Gasteiger partial charge is 0.338 e. The zero-order valence-electron chi connectivity index (χ0n) is 16.6. The van der Waals surface area contributed by atoms with Crippen molar-refractivity contribution in [3.63, 3.8) is 0 Å². The molecule has 0 aliphatic heterocycles. The fourth-order valence-electron chi connectivity index (χ4n) is 3.53. The molecule has 0 radical (unpaired) electrons. The van der Waals surface area contributed by atoms with E-state index < -0.39 is 5.97 Å². The van der Waals surface area contributed by atoms with Crippen LogP contribution in [0.1, 0.15) is 51.0 Å². The highest BCUT2D eigenvalue weighted by molar-refractivity contribution is 6.00. The quantitative estimate of drug-likeness (QED) is 0.408. The number of aromatic nitrogens is 1. The molecule has 5 heteroatoms. The Labute approximate surface area is 169 Å². The maximum absolute atomic E-state index is 12.6. The lowest BCUT2D eigenvalue weighted by Gasteiger charge is -2.08. The van der Waals surface area contributed by atoms with Crippen LogP contribution in [-0.2, 0) is 4.74 Å². The Kier molecular flexibility index (Phi) is 5.21. The molecule has 1 fully saturated rings. The number of ketones is 1. The highest BCUT2D eigenvalue weighted by atomic mass is 16.5. The lowest BCUT2D eigenvalue weighted by Crippen LogP contribution is -2.15. The Morgan fingerprint density at radius 3 is 2.28 bits per heavy atom. The summed E-state index contributed by atoms with van der Waals surface area (Å²) >= 11 is 0. The summed E-state index contributed by atoms with van der Waals surface area (Å²) in [6.07, 6.45) is 2.31. The number of rotatable bonds is 7. The molecule has 1 aromatic heterocycles. The second-order valence-corrected chi connectivity index (χ2v) is 7.32. The minimum atomic E-state index is -0.527. The van der Waals surface area contributed by atoms with E-state index in [1.807, 2.05) is 50.2 Å². The summed E-state index contributed by atoms with van der Waals surface area (Å²) in [4.78, 5) is 24.9.